The number of benzene rings is 2. The molecule has 8 heteroatoms. The highest BCUT2D eigenvalue weighted by atomic mass is 16.5. The van der Waals surface area contributed by atoms with Crippen LogP contribution in [0.4, 0.5) is 5.69 Å². The molecule has 34 heavy (non-hydrogen) atoms. The zero-order valence-corrected chi connectivity index (χ0v) is 18.2. The number of anilines is 1. The number of H-pyrrole nitrogens is 1. The fraction of sp³-hybridized carbons (Fsp3) is 0.192. The lowest BCUT2D eigenvalue weighted by Crippen LogP contribution is -2.42. The van der Waals surface area contributed by atoms with Crippen LogP contribution in [0, 0.1) is 11.8 Å². The SMILES string of the molecule is O=C1N=NC(c2ccc(N(CC3COC3)C(=O)c3n[nH]c4ccccc34)cc2)=C2C=CC=CC12. The summed E-state index contributed by atoms with van der Waals surface area (Å²) in [7, 11) is 0. The Bertz CT molecular complexity index is 1410. The zero-order valence-electron chi connectivity index (χ0n) is 18.2. The minimum absolute atomic E-state index is 0.164. The molecule has 2 amide bonds. The maximum absolute atomic E-state index is 13.6. The summed E-state index contributed by atoms with van der Waals surface area (Å²) in [5, 5.41) is 16.1. The van der Waals surface area contributed by atoms with Crippen molar-refractivity contribution in [3.05, 3.63) is 89.7 Å². The second-order valence-corrected chi connectivity index (χ2v) is 8.55. The van der Waals surface area contributed by atoms with E-state index in [1.54, 1.807) is 4.90 Å². The van der Waals surface area contributed by atoms with Gasteiger partial charge in [0.2, 0.25) is 0 Å². The molecule has 2 aliphatic heterocycles. The number of aromatic amines is 1. The number of azo groups is 1. The fourth-order valence-corrected chi connectivity index (χ4v) is 4.43. The Balaban J connectivity index is 1.35. The van der Waals surface area contributed by atoms with Crippen molar-refractivity contribution >= 4 is 34.1 Å². The average Bonchev–Trinajstić information content (AvgIpc) is 3.28. The number of carbonyl (C=O) groups excluding carboxylic acids is 2. The van der Waals surface area contributed by atoms with Gasteiger partial charge in [0.25, 0.3) is 11.8 Å². The standard InChI is InChI=1S/C26H21N5O3/c32-25-20-6-2-1-5-19(20)23(28-30-25)17-9-11-18(12-10-17)31(13-16-14-34-15-16)26(33)24-21-7-3-4-8-22(21)27-29-24/h1-12,16,20H,13-15H2,(H,27,29). The number of amides is 2. The van der Waals surface area contributed by atoms with Gasteiger partial charge in [-0.25, -0.2) is 0 Å². The fourth-order valence-electron chi connectivity index (χ4n) is 4.43. The predicted octanol–water partition coefficient (Wildman–Crippen LogP) is 4.30. The molecule has 1 atom stereocenters. The van der Waals surface area contributed by atoms with Crippen LogP contribution in [0.5, 0.6) is 0 Å². The number of nitrogens with zero attached hydrogens (tertiary/aromatic N) is 4. The first-order valence-electron chi connectivity index (χ1n) is 11.2. The normalized spacial score (nSPS) is 19.4. The molecule has 0 spiro atoms. The Morgan fingerprint density at radius 3 is 2.68 bits per heavy atom. The van der Waals surface area contributed by atoms with Gasteiger partial charge in [-0.05, 0) is 23.8 Å². The van der Waals surface area contributed by atoms with Crippen molar-refractivity contribution < 1.29 is 14.3 Å². The molecule has 1 aliphatic carbocycles. The van der Waals surface area contributed by atoms with E-state index in [0.717, 1.165) is 27.7 Å². The summed E-state index contributed by atoms with van der Waals surface area (Å²) in [6, 6.07) is 15.2. The lowest BCUT2D eigenvalue weighted by Gasteiger charge is -2.32. The molecule has 1 N–H and O–H groups in total. The van der Waals surface area contributed by atoms with Crippen LogP contribution in [0.25, 0.3) is 16.6 Å². The molecule has 6 rings (SSSR count). The van der Waals surface area contributed by atoms with Crippen molar-refractivity contribution in [1.29, 1.82) is 0 Å². The third-order valence-electron chi connectivity index (χ3n) is 6.33. The van der Waals surface area contributed by atoms with E-state index in [1.807, 2.05) is 72.8 Å². The van der Waals surface area contributed by atoms with E-state index >= 15 is 0 Å². The Labute approximate surface area is 195 Å². The van der Waals surface area contributed by atoms with Gasteiger partial charge < -0.3 is 9.64 Å². The largest absolute Gasteiger partial charge is 0.381 e. The number of allylic oxidation sites excluding steroid dienone is 3. The molecule has 0 saturated carbocycles. The Kier molecular flexibility index (Phi) is 5.00. The van der Waals surface area contributed by atoms with E-state index in [2.05, 4.69) is 20.4 Å². The van der Waals surface area contributed by atoms with Crippen LogP contribution in [-0.2, 0) is 9.53 Å². The number of rotatable bonds is 5. The van der Waals surface area contributed by atoms with Crippen LogP contribution in [0.2, 0.25) is 0 Å². The Morgan fingerprint density at radius 1 is 1.06 bits per heavy atom. The van der Waals surface area contributed by atoms with Crippen molar-refractivity contribution in [3.63, 3.8) is 0 Å². The second kappa shape index (κ2) is 8.31. The quantitative estimate of drug-likeness (QED) is 0.625. The predicted molar refractivity (Wildman–Crippen MR) is 127 cm³/mol. The number of carbonyl (C=O) groups is 2. The number of hydrogen-bond acceptors (Lipinski definition) is 5. The molecule has 2 aromatic carbocycles. The number of para-hydroxylation sites is 1. The molecule has 1 fully saturated rings. The smallest absolute Gasteiger partial charge is 0.279 e. The number of hydrogen-bond donors (Lipinski definition) is 1. The van der Waals surface area contributed by atoms with Gasteiger partial charge in [-0.15, -0.1) is 10.2 Å². The van der Waals surface area contributed by atoms with E-state index in [1.165, 1.54) is 0 Å². The van der Waals surface area contributed by atoms with Crippen LogP contribution in [0.15, 0.2) is 88.6 Å². The van der Waals surface area contributed by atoms with E-state index in [-0.39, 0.29) is 17.7 Å². The molecule has 1 aromatic heterocycles. The summed E-state index contributed by atoms with van der Waals surface area (Å²) in [6.07, 6.45) is 7.47. The summed E-state index contributed by atoms with van der Waals surface area (Å²) in [4.78, 5) is 27.5. The van der Waals surface area contributed by atoms with E-state index < -0.39 is 5.92 Å². The average molecular weight is 451 g/mol. The minimum atomic E-state index is -0.401. The monoisotopic (exact) mass is 451 g/mol. The van der Waals surface area contributed by atoms with Gasteiger partial charge in [0, 0.05) is 29.1 Å². The lowest BCUT2D eigenvalue weighted by atomic mass is 9.89. The van der Waals surface area contributed by atoms with Gasteiger partial charge in [-0.2, -0.15) is 5.10 Å². The molecular formula is C26H21N5O3. The molecule has 8 nitrogen and oxygen atoms in total. The summed E-state index contributed by atoms with van der Waals surface area (Å²) >= 11 is 0. The van der Waals surface area contributed by atoms with E-state index in [4.69, 9.17) is 4.74 Å². The molecule has 1 unspecified atom stereocenters. The maximum atomic E-state index is 13.6. The number of fused-ring (bicyclic) bond motifs is 2. The highest BCUT2D eigenvalue weighted by Gasteiger charge is 2.30. The van der Waals surface area contributed by atoms with Gasteiger partial charge in [0.1, 0.15) is 0 Å². The number of aromatic nitrogens is 2. The summed E-state index contributed by atoms with van der Waals surface area (Å²) in [5.41, 5.74) is 4.31. The molecule has 0 radical (unpaired) electrons. The molecular weight excluding hydrogens is 430 g/mol. The molecule has 168 valence electrons. The lowest BCUT2D eigenvalue weighted by molar-refractivity contribution is -0.119. The Hall–Kier alpha value is -4.17. The van der Waals surface area contributed by atoms with Crippen molar-refractivity contribution in [3.8, 4) is 0 Å². The van der Waals surface area contributed by atoms with Crippen LogP contribution >= 0.6 is 0 Å². The first-order valence-corrected chi connectivity index (χ1v) is 11.2. The topological polar surface area (TPSA) is 100 Å². The number of nitrogens with one attached hydrogen (secondary N) is 1. The van der Waals surface area contributed by atoms with Gasteiger partial charge >= 0.3 is 0 Å². The molecule has 1 saturated heterocycles. The highest BCUT2D eigenvalue weighted by molar-refractivity contribution is 6.12. The van der Waals surface area contributed by atoms with Crippen molar-refractivity contribution in [2.75, 3.05) is 24.7 Å². The maximum Gasteiger partial charge on any atom is 0.279 e. The van der Waals surface area contributed by atoms with Crippen LogP contribution in [0.3, 0.4) is 0 Å². The van der Waals surface area contributed by atoms with Gasteiger partial charge in [-0.1, -0.05) is 54.6 Å². The van der Waals surface area contributed by atoms with Crippen LogP contribution < -0.4 is 4.90 Å². The van der Waals surface area contributed by atoms with Crippen molar-refractivity contribution in [1.82, 2.24) is 10.2 Å². The molecule has 0 bridgehead atoms. The van der Waals surface area contributed by atoms with E-state index in [9.17, 15) is 9.59 Å². The zero-order chi connectivity index (χ0) is 23.1. The molecule has 3 aromatic rings. The minimum Gasteiger partial charge on any atom is -0.381 e. The van der Waals surface area contributed by atoms with Crippen LogP contribution in [-0.4, -0.2) is 41.8 Å². The third kappa shape index (κ3) is 3.48. The third-order valence-corrected chi connectivity index (χ3v) is 6.33. The van der Waals surface area contributed by atoms with E-state index in [0.29, 0.717) is 31.1 Å². The Morgan fingerprint density at radius 2 is 1.88 bits per heavy atom. The first kappa shape index (κ1) is 20.4. The van der Waals surface area contributed by atoms with Crippen LogP contribution in [0.1, 0.15) is 16.1 Å². The molecule has 3 aliphatic rings. The number of ether oxygens (including phenoxy) is 1. The van der Waals surface area contributed by atoms with Gasteiger partial charge in [0.15, 0.2) is 5.69 Å². The highest BCUT2D eigenvalue weighted by Crippen LogP contribution is 2.35. The summed E-state index contributed by atoms with van der Waals surface area (Å²) in [6.45, 7) is 1.81. The van der Waals surface area contributed by atoms with Crippen molar-refractivity contribution in [2.45, 2.75) is 0 Å². The second-order valence-electron chi connectivity index (χ2n) is 8.55. The first-order chi connectivity index (χ1) is 16.7. The summed E-state index contributed by atoms with van der Waals surface area (Å²) in [5.74, 6) is -0.553. The van der Waals surface area contributed by atoms with Gasteiger partial charge in [0.05, 0.1) is 30.3 Å². The summed E-state index contributed by atoms with van der Waals surface area (Å²) < 4.78 is 5.34. The molecule has 3 heterocycles. The van der Waals surface area contributed by atoms with Crippen molar-refractivity contribution in [2.24, 2.45) is 22.1 Å². The van der Waals surface area contributed by atoms with Gasteiger partial charge in [-0.3, -0.25) is 14.7 Å².